The number of thiocarbonyl (C=S) groups is 1. The average molecular weight is 317 g/mol. The molecule has 114 valence electrons. The van der Waals surface area contributed by atoms with E-state index in [2.05, 4.69) is 16.2 Å². The topological polar surface area (TPSA) is 53.2 Å². The highest BCUT2D eigenvalue weighted by Crippen LogP contribution is 2.11. The summed E-state index contributed by atoms with van der Waals surface area (Å²) in [5.74, 6) is -0.648. The fraction of sp³-hybridized carbons (Fsp3) is 0.125. The van der Waals surface area contributed by atoms with E-state index in [0.29, 0.717) is 0 Å². The van der Waals surface area contributed by atoms with Crippen LogP contribution in [0.15, 0.2) is 48.5 Å². The molecule has 0 saturated heterocycles. The van der Waals surface area contributed by atoms with Crippen molar-refractivity contribution in [3.05, 3.63) is 65.5 Å². The van der Waals surface area contributed by atoms with Gasteiger partial charge in [0.1, 0.15) is 5.82 Å². The number of anilines is 1. The number of hydrogen-bond acceptors (Lipinski definition) is 2. The van der Waals surface area contributed by atoms with Gasteiger partial charge in [-0.05, 0) is 42.4 Å². The minimum Gasteiger partial charge on any atom is -0.329 e. The Labute approximate surface area is 133 Å². The molecule has 0 spiro atoms. The van der Waals surface area contributed by atoms with Crippen LogP contribution in [0, 0.1) is 12.7 Å². The molecular formula is C16H16FN3OS. The summed E-state index contributed by atoms with van der Waals surface area (Å²) in [6.07, 6.45) is 0.238. The van der Waals surface area contributed by atoms with Crippen LogP contribution in [0.1, 0.15) is 11.1 Å². The quantitative estimate of drug-likeness (QED) is 0.602. The number of halogens is 1. The molecule has 4 nitrogen and oxygen atoms in total. The Kier molecular flexibility index (Phi) is 5.43. The van der Waals surface area contributed by atoms with Gasteiger partial charge in [-0.2, -0.15) is 0 Å². The van der Waals surface area contributed by atoms with Crippen LogP contribution >= 0.6 is 12.2 Å². The molecule has 2 aromatic rings. The highest BCUT2D eigenvalue weighted by molar-refractivity contribution is 7.80. The van der Waals surface area contributed by atoms with Crippen LogP contribution in [-0.2, 0) is 11.2 Å². The average Bonchev–Trinajstić information content (AvgIpc) is 2.50. The summed E-state index contributed by atoms with van der Waals surface area (Å²) in [5, 5.41) is 2.79. The number of para-hydroxylation sites is 1. The summed E-state index contributed by atoms with van der Waals surface area (Å²) in [7, 11) is 0. The zero-order valence-corrected chi connectivity index (χ0v) is 12.8. The minimum atomic E-state index is -0.419. The Morgan fingerprint density at radius 2 is 1.77 bits per heavy atom. The molecule has 0 unspecified atom stereocenters. The molecule has 0 atom stereocenters. The monoisotopic (exact) mass is 317 g/mol. The van der Waals surface area contributed by atoms with Gasteiger partial charge in [-0.25, -0.2) is 4.39 Å². The summed E-state index contributed by atoms with van der Waals surface area (Å²) in [6.45, 7) is 1.94. The summed E-state index contributed by atoms with van der Waals surface area (Å²) in [6, 6.07) is 13.8. The zero-order valence-electron chi connectivity index (χ0n) is 12.0. The zero-order chi connectivity index (χ0) is 15.9. The van der Waals surface area contributed by atoms with Crippen LogP contribution in [0.25, 0.3) is 0 Å². The molecule has 3 N–H and O–H groups in total. The molecule has 0 fully saturated rings. The first-order chi connectivity index (χ1) is 10.6. The van der Waals surface area contributed by atoms with E-state index in [1.165, 1.54) is 6.07 Å². The molecule has 0 radical (unpaired) electrons. The van der Waals surface area contributed by atoms with Crippen molar-refractivity contribution in [1.29, 1.82) is 0 Å². The number of aryl methyl sites for hydroxylation is 1. The molecule has 6 heteroatoms. The van der Waals surface area contributed by atoms with Crippen molar-refractivity contribution in [2.24, 2.45) is 0 Å². The van der Waals surface area contributed by atoms with E-state index in [4.69, 9.17) is 12.2 Å². The third kappa shape index (κ3) is 4.53. The molecule has 0 heterocycles. The molecule has 0 aliphatic carbocycles. The first-order valence-corrected chi connectivity index (χ1v) is 7.12. The van der Waals surface area contributed by atoms with Gasteiger partial charge in [-0.3, -0.25) is 15.6 Å². The van der Waals surface area contributed by atoms with Crippen molar-refractivity contribution < 1.29 is 9.18 Å². The smallest absolute Gasteiger partial charge is 0.242 e. The number of nitrogens with one attached hydrogen (secondary N) is 3. The first kappa shape index (κ1) is 15.9. The fourth-order valence-electron chi connectivity index (χ4n) is 1.87. The molecule has 2 rings (SSSR count). The Hall–Kier alpha value is -2.47. The Balaban J connectivity index is 1.82. The van der Waals surface area contributed by atoms with Gasteiger partial charge in [0.2, 0.25) is 5.91 Å². The van der Waals surface area contributed by atoms with Crippen LogP contribution < -0.4 is 16.2 Å². The summed E-state index contributed by atoms with van der Waals surface area (Å²) < 4.78 is 13.4. The number of rotatable bonds is 3. The van der Waals surface area contributed by atoms with Crippen molar-refractivity contribution in [3.8, 4) is 0 Å². The van der Waals surface area contributed by atoms with Gasteiger partial charge in [0.05, 0.1) is 12.1 Å². The van der Waals surface area contributed by atoms with Crippen LogP contribution in [0.4, 0.5) is 10.1 Å². The normalized spacial score (nSPS) is 9.91. The molecule has 0 bridgehead atoms. The van der Waals surface area contributed by atoms with Crippen LogP contribution in [0.3, 0.4) is 0 Å². The van der Waals surface area contributed by atoms with E-state index in [-0.39, 0.29) is 23.1 Å². The molecule has 1 amide bonds. The van der Waals surface area contributed by atoms with E-state index >= 15 is 0 Å². The van der Waals surface area contributed by atoms with Gasteiger partial charge in [-0.1, -0.05) is 36.4 Å². The predicted molar refractivity (Wildman–Crippen MR) is 88.8 cm³/mol. The summed E-state index contributed by atoms with van der Waals surface area (Å²) in [4.78, 5) is 11.9. The maximum atomic E-state index is 13.4. The van der Waals surface area contributed by atoms with Gasteiger partial charge in [-0.15, -0.1) is 0 Å². The van der Waals surface area contributed by atoms with Gasteiger partial charge >= 0.3 is 0 Å². The summed E-state index contributed by atoms with van der Waals surface area (Å²) in [5.41, 5.74) is 7.26. The maximum absolute atomic E-state index is 13.4. The molecule has 0 aliphatic rings. The second kappa shape index (κ2) is 7.51. The third-order valence-electron chi connectivity index (χ3n) is 3.05. The third-order valence-corrected chi connectivity index (χ3v) is 3.25. The van der Waals surface area contributed by atoms with Crippen molar-refractivity contribution in [2.45, 2.75) is 13.3 Å². The SMILES string of the molecule is Cc1ccccc1CC(=O)NNC(=S)Nc1ccccc1F. The van der Waals surface area contributed by atoms with Gasteiger partial charge in [0, 0.05) is 0 Å². The lowest BCUT2D eigenvalue weighted by atomic mass is 10.1. The number of amides is 1. The highest BCUT2D eigenvalue weighted by atomic mass is 32.1. The molecule has 0 saturated carbocycles. The van der Waals surface area contributed by atoms with Gasteiger partial charge in [0.25, 0.3) is 0 Å². The van der Waals surface area contributed by atoms with Crippen molar-refractivity contribution in [3.63, 3.8) is 0 Å². The van der Waals surface area contributed by atoms with E-state index in [0.717, 1.165) is 11.1 Å². The molecule has 22 heavy (non-hydrogen) atoms. The van der Waals surface area contributed by atoms with Gasteiger partial charge in [0.15, 0.2) is 5.11 Å². The van der Waals surface area contributed by atoms with Crippen LogP contribution in [0.2, 0.25) is 0 Å². The Morgan fingerprint density at radius 1 is 1.09 bits per heavy atom. The fourth-order valence-corrected chi connectivity index (χ4v) is 2.03. The second-order valence-corrected chi connectivity index (χ2v) is 5.12. The lowest BCUT2D eigenvalue weighted by molar-refractivity contribution is -0.121. The second-order valence-electron chi connectivity index (χ2n) is 4.71. The molecule has 0 aromatic heterocycles. The van der Waals surface area contributed by atoms with E-state index in [1.54, 1.807) is 18.2 Å². The Bertz CT molecular complexity index is 631. The van der Waals surface area contributed by atoms with Crippen molar-refractivity contribution in [2.75, 3.05) is 5.32 Å². The predicted octanol–water partition coefficient (Wildman–Crippen LogP) is 2.69. The minimum absolute atomic E-state index is 0.114. The van der Waals surface area contributed by atoms with Gasteiger partial charge < -0.3 is 5.32 Å². The number of carbonyl (C=O) groups excluding carboxylic acids is 1. The lowest BCUT2D eigenvalue weighted by Gasteiger charge is -2.12. The number of hydrazine groups is 1. The van der Waals surface area contributed by atoms with Crippen LogP contribution in [0.5, 0.6) is 0 Å². The largest absolute Gasteiger partial charge is 0.329 e. The van der Waals surface area contributed by atoms with Crippen LogP contribution in [-0.4, -0.2) is 11.0 Å². The van der Waals surface area contributed by atoms with E-state index in [1.807, 2.05) is 31.2 Å². The lowest BCUT2D eigenvalue weighted by Crippen LogP contribution is -2.44. The van der Waals surface area contributed by atoms with Crippen molar-refractivity contribution >= 4 is 28.9 Å². The van der Waals surface area contributed by atoms with Crippen molar-refractivity contribution in [1.82, 2.24) is 10.9 Å². The highest BCUT2D eigenvalue weighted by Gasteiger charge is 2.07. The maximum Gasteiger partial charge on any atom is 0.242 e. The van der Waals surface area contributed by atoms with E-state index < -0.39 is 5.82 Å². The molecular weight excluding hydrogens is 301 g/mol. The number of benzene rings is 2. The standard InChI is InChI=1S/C16H16FN3OS/c1-11-6-2-3-7-12(11)10-15(21)19-20-16(22)18-14-9-5-4-8-13(14)17/h2-9H,10H2,1H3,(H,19,21)(H2,18,20,22). The van der Waals surface area contributed by atoms with E-state index in [9.17, 15) is 9.18 Å². The number of carbonyl (C=O) groups is 1. The molecule has 0 aliphatic heterocycles. The number of hydrogen-bond donors (Lipinski definition) is 3. The Morgan fingerprint density at radius 3 is 2.50 bits per heavy atom. The molecule has 2 aromatic carbocycles. The first-order valence-electron chi connectivity index (χ1n) is 6.71. The summed E-state index contributed by atoms with van der Waals surface area (Å²) >= 11 is 5.00.